The third-order valence-corrected chi connectivity index (χ3v) is 4.12. The normalized spacial score (nSPS) is 11.0. The van der Waals surface area contributed by atoms with Crippen LogP contribution in [0.1, 0.15) is 25.3 Å². The van der Waals surface area contributed by atoms with Crippen molar-refractivity contribution in [3.8, 4) is 11.4 Å². The number of aliphatic hydroxyl groups is 1. The van der Waals surface area contributed by atoms with Crippen LogP contribution >= 0.6 is 0 Å². The van der Waals surface area contributed by atoms with Crippen molar-refractivity contribution < 1.29 is 28.2 Å². The van der Waals surface area contributed by atoms with Crippen LogP contribution in [0.3, 0.4) is 0 Å². The summed E-state index contributed by atoms with van der Waals surface area (Å²) < 4.78 is 40.2. The summed E-state index contributed by atoms with van der Waals surface area (Å²) in [6, 6.07) is 7.47. The Kier molecular flexibility index (Phi) is 6.20. The average molecular weight is 390 g/mol. The quantitative estimate of drug-likeness (QED) is 0.471. The van der Waals surface area contributed by atoms with Crippen molar-refractivity contribution in [3.63, 3.8) is 0 Å². The first-order chi connectivity index (χ1) is 13.5. The minimum atomic E-state index is -0.859. The number of carbonyl (C=O) groups excluding carboxylic acids is 1. The molecule has 0 atom stereocenters. The molecule has 6 nitrogen and oxygen atoms in total. The molecule has 8 heteroatoms. The lowest BCUT2D eigenvalue weighted by Crippen LogP contribution is -2.08. The number of benzene rings is 2. The zero-order valence-corrected chi connectivity index (χ0v) is 15.3. The predicted octanol–water partition coefficient (Wildman–Crippen LogP) is 3.52. The van der Waals surface area contributed by atoms with E-state index in [1.807, 2.05) is 0 Å². The van der Waals surface area contributed by atoms with Gasteiger partial charge in [-0.2, -0.15) is 5.10 Å². The van der Waals surface area contributed by atoms with E-state index in [9.17, 15) is 18.7 Å². The van der Waals surface area contributed by atoms with Gasteiger partial charge in [0.1, 0.15) is 0 Å². The minimum absolute atomic E-state index is 0.0133. The molecule has 2 aromatic carbocycles. The van der Waals surface area contributed by atoms with E-state index in [1.165, 1.54) is 4.68 Å². The SMILES string of the molecule is CCOC(=O)CCCOc1c(F)cc(-n2ncc3cc(CO)ccc32)cc1F. The molecule has 1 aromatic heterocycles. The van der Waals surface area contributed by atoms with E-state index in [0.29, 0.717) is 5.52 Å². The molecule has 0 amide bonds. The minimum Gasteiger partial charge on any atom is -0.488 e. The van der Waals surface area contributed by atoms with Crippen molar-refractivity contribution in [2.45, 2.75) is 26.4 Å². The van der Waals surface area contributed by atoms with Gasteiger partial charge >= 0.3 is 5.97 Å². The van der Waals surface area contributed by atoms with E-state index in [0.717, 1.165) is 23.1 Å². The Morgan fingerprint density at radius 1 is 1.21 bits per heavy atom. The van der Waals surface area contributed by atoms with Crippen LogP contribution in [-0.4, -0.2) is 34.1 Å². The number of halogens is 2. The Bertz CT molecular complexity index is 964. The average Bonchev–Trinajstić information content (AvgIpc) is 3.10. The molecule has 0 aliphatic carbocycles. The van der Waals surface area contributed by atoms with Gasteiger partial charge in [0.05, 0.1) is 37.2 Å². The van der Waals surface area contributed by atoms with E-state index in [2.05, 4.69) is 5.10 Å². The molecule has 148 valence electrons. The first kappa shape index (κ1) is 19.8. The Morgan fingerprint density at radius 3 is 2.64 bits per heavy atom. The van der Waals surface area contributed by atoms with Gasteiger partial charge in [-0.3, -0.25) is 4.79 Å². The first-order valence-corrected chi connectivity index (χ1v) is 8.88. The summed E-state index contributed by atoms with van der Waals surface area (Å²) in [6.45, 7) is 1.87. The Balaban J connectivity index is 1.76. The van der Waals surface area contributed by atoms with Crippen molar-refractivity contribution in [1.29, 1.82) is 0 Å². The molecule has 0 unspecified atom stereocenters. The molecular formula is C20H20F2N2O4. The van der Waals surface area contributed by atoms with Crippen LogP contribution in [0.2, 0.25) is 0 Å². The molecule has 1 N–H and O–H groups in total. The summed E-state index contributed by atoms with van der Waals surface area (Å²) in [7, 11) is 0. The van der Waals surface area contributed by atoms with Crippen LogP contribution in [0, 0.1) is 11.6 Å². The third kappa shape index (κ3) is 4.28. The number of nitrogens with zero attached hydrogens (tertiary/aromatic N) is 2. The molecule has 0 aliphatic heterocycles. The van der Waals surface area contributed by atoms with Crippen LogP contribution in [0.4, 0.5) is 8.78 Å². The second kappa shape index (κ2) is 8.79. The van der Waals surface area contributed by atoms with Crippen molar-refractivity contribution in [3.05, 3.63) is 53.7 Å². The highest BCUT2D eigenvalue weighted by molar-refractivity contribution is 5.81. The fourth-order valence-electron chi connectivity index (χ4n) is 2.82. The summed E-state index contributed by atoms with van der Waals surface area (Å²) in [6.07, 6.45) is 1.96. The van der Waals surface area contributed by atoms with Gasteiger partial charge in [0.25, 0.3) is 0 Å². The van der Waals surface area contributed by atoms with Crippen LogP contribution in [0.25, 0.3) is 16.6 Å². The van der Waals surface area contributed by atoms with Gasteiger partial charge in [-0.1, -0.05) is 6.07 Å². The molecule has 3 rings (SSSR count). The summed E-state index contributed by atoms with van der Waals surface area (Å²) in [4.78, 5) is 11.3. The number of fused-ring (bicyclic) bond motifs is 1. The van der Waals surface area contributed by atoms with Crippen molar-refractivity contribution in [2.24, 2.45) is 0 Å². The van der Waals surface area contributed by atoms with Gasteiger partial charge < -0.3 is 14.6 Å². The number of esters is 1. The molecule has 0 fully saturated rings. The standard InChI is InChI=1S/C20H20F2N2O4/c1-2-27-19(26)4-3-7-28-20-16(21)9-15(10-17(20)22)24-18-6-5-13(12-25)8-14(18)11-23-24/h5-6,8-11,25H,2-4,7,12H2,1H3. The van der Waals surface area contributed by atoms with Crippen molar-refractivity contribution in [2.75, 3.05) is 13.2 Å². The number of hydrogen-bond acceptors (Lipinski definition) is 5. The maximum Gasteiger partial charge on any atom is 0.305 e. The predicted molar refractivity (Wildman–Crippen MR) is 98.3 cm³/mol. The van der Waals surface area contributed by atoms with Crippen LogP contribution in [-0.2, 0) is 16.1 Å². The highest BCUT2D eigenvalue weighted by Gasteiger charge is 2.16. The summed E-state index contributed by atoms with van der Waals surface area (Å²) in [5, 5.41) is 14.1. The molecule has 0 bridgehead atoms. The molecule has 0 saturated carbocycles. The van der Waals surface area contributed by atoms with E-state index >= 15 is 0 Å². The van der Waals surface area contributed by atoms with Crippen molar-refractivity contribution >= 4 is 16.9 Å². The molecule has 0 spiro atoms. The Labute approximate surface area is 160 Å². The number of aromatic nitrogens is 2. The number of rotatable bonds is 8. The van der Waals surface area contributed by atoms with Crippen LogP contribution in [0.15, 0.2) is 36.5 Å². The van der Waals surface area contributed by atoms with Gasteiger partial charge in [-0.15, -0.1) is 0 Å². The lowest BCUT2D eigenvalue weighted by molar-refractivity contribution is -0.143. The van der Waals surface area contributed by atoms with E-state index in [4.69, 9.17) is 9.47 Å². The Morgan fingerprint density at radius 2 is 1.96 bits per heavy atom. The number of ether oxygens (including phenoxy) is 2. The molecular weight excluding hydrogens is 370 g/mol. The zero-order chi connectivity index (χ0) is 20.1. The van der Waals surface area contributed by atoms with Crippen molar-refractivity contribution in [1.82, 2.24) is 9.78 Å². The van der Waals surface area contributed by atoms with E-state index < -0.39 is 17.4 Å². The molecule has 0 saturated heterocycles. The van der Waals surface area contributed by atoms with Crippen LogP contribution < -0.4 is 4.74 Å². The van der Waals surface area contributed by atoms with Gasteiger partial charge in [0.2, 0.25) is 0 Å². The second-order valence-corrected chi connectivity index (χ2v) is 6.10. The summed E-state index contributed by atoms with van der Waals surface area (Å²) in [5.41, 5.74) is 1.58. The maximum absolute atomic E-state index is 14.4. The molecule has 1 heterocycles. The van der Waals surface area contributed by atoms with E-state index in [1.54, 1.807) is 31.3 Å². The zero-order valence-electron chi connectivity index (χ0n) is 15.3. The summed E-state index contributed by atoms with van der Waals surface area (Å²) >= 11 is 0. The fourth-order valence-corrected chi connectivity index (χ4v) is 2.82. The fraction of sp³-hybridized carbons (Fsp3) is 0.300. The Hall–Kier alpha value is -3.00. The summed E-state index contributed by atoms with van der Waals surface area (Å²) in [5.74, 6) is -2.59. The smallest absolute Gasteiger partial charge is 0.305 e. The van der Waals surface area contributed by atoms with Crippen LogP contribution in [0.5, 0.6) is 5.75 Å². The number of carbonyl (C=O) groups is 1. The number of hydrogen-bond donors (Lipinski definition) is 1. The van der Waals surface area contributed by atoms with E-state index in [-0.39, 0.29) is 44.3 Å². The lowest BCUT2D eigenvalue weighted by atomic mass is 10.1. The molecule has 28 heavy (non-hydrogen) atoms. The third-order valence-electron chi connectivity index (χ3n) is 4.12. The number of aliphatic hydroxyl groups excluding tert-OH is 1. The first-order valence-electron chi connectivity index (χ1n) is 8.88. The molecule has 0 aliphatic rings. The molecule has 0 radical (unpaired) electrons. The molecule has 3 aromatic rings. The maximum atomic E-state index is 14.4. The van der Waals surface area contributed by atoms with Gasteiger partial charge in [0, 0.05) is 23.9 Å². The van der Waals surface area contributed by atoms with Gasteiger partial charge in [-0.05, 0) is 31.0 Å². The second-order valence-electron chi connectivity index (χ2n) is 6.10. The van der Waals surface area contributed by atoms with Gasteiger partial charge in [-0.25, -0.2) is 13.5 Å². The topological polar surface area (TPSA) is 73.6 Å². The highest BCUT2D eigenvalue weighted by atomic mass is 19.1. The monoisotopic (exact) mass is 390 g/mol. The van der Waals surface area contributed by atoms with Gasteiger partial charge in [0.15, 0.2) is 17.4 Å². The highest BCUT2D eigenvalue weighted by Crippen LogP contribution is 2.27. The lowest BCUT2D eigenvalue weighted by Gasteiger charge is -2.11. The largest absolute Gasteiger partial charge is 0.488 e.